The molecule has 0 bridgehead atoms. The van der Waals surface area contributed by atoms with Crippen LogP contribution in [0.1, 0.15) is 81.8 Å². The number of aliphatic hydroxyl groups excluding tert-OH is 9. The monoisotopic (exact) mass is 1450 g/mol. The molecule has 2 amide bonds. The fourth-order valence-electron chi connectivity index (χ4n) is 11.1. The highest BCUT2D eigenvalue weighted by Crippen LogP contribution is 2.25. The number of ether oxygens (including phenoxy) is 3. The topological polar surface area (TPSA) is 502 Å². The van der Waals surface area contributed by atoms with Crippen molar-refractivity contribution in [3.63, 3.8) is 0 Å². The van der Waals surface area contributed by atoms with Gasteiger partial charge in [0.05, 0.1) is 19.3 Å². The zero-order chi connectivity index (χ0) is 73.7. The number of nitrogens with zero attached hydrogens (tertiary/aromatic N) is 6. The van der Waals surface area contributed by atoms with Gasteiger partial charge in [0.1, 0.15) is 67.1 Å². The minimum Gasteiger partial charge on any atom is -0.492 e. The summed E-state index contributed by atoms with van der Waals surface area (Å²) in [5.74, 6) is -1.23. The lowest BCUT2D eigenvalue weighted by molar-refractivity contribution is -0.119. The summed E-state index contributed by atoms with van der Waals surface area (Å²) in [5, 5.41) is 125. The number of nitrogens with two attached hydrogens (primary N) is 4. The molecule has 0 aliphatic carbocycles. The third-order valence-electron chi connectivity index (χ3n) is 16.7. The first kappa shape index (κ1) is 80.5. The fraction of sp³-hybridized carbons (Fsp3) is 0.429. The molecule has 2 aromatic heterocycles. The number of hydrogen-bond donors (Lipinski definition) is 19. The minimum absolute atomic E-state index is 0.0160. The van der Waals surface area contributed by atoms with Crippen LogP contribution in [0.15, 0.2) is 115 Å². The number of benzene rings is 5. The molecule has 0 aliphatic heterocycles. The number of unbranched alkanes of at least 4 members (excludes halogenated alkanes) is 2. The van der Waals surface area contributed by atoms with Crippen LogP contribution in [0.4, 0.5) is 23.3 Å². The highest BCUT2D eigenvalue weighted by atomic mass is 35.5. The van der Waals surface area contributed by atoms with Gasteiger partial charge in [0.2, 0.25) is 0 Å². The first-order valence-corrected chi connectivity index (χ1v) is 34.3. The zero-order valence-corrected chi connectivity index (χ0v) is 58.0. The second-order valence-electron chi connectivity index (χ2n) is 24.5. The number of guanidine groups is 2. The summed E-state index contributed by atoms with van der Waals surface area (Å²) in [6.45, 7) is 0.843. The Morgan fingerprint density at radius 3 is 1.47 bits per heavy atom. The lowest BCUT2D eigenvalue weighted by Crippen LogP contribution is -2.53. The fourth-order valence-corrected chi connectivity index (χ4v) is 11.4. The van der Waals surface area contributed by atoms with Gasteiger partial charge >= 0.3 is 0 Å². The number of carbonyl (C=O) groups is 2. The molecule has 0 saturated carbocycles. The smallest absolute Gasteiger partial charge is 0.280 e. The molecule has 2 heterocycles. The molecule has 8 atom stereocenters. The molecule has 0 spiro atoms. The number of rotatable bonds is 42. The molecule has 0 radical (unpaired) electrons. The molecule has 0 saturated heterocycles. The molecular weight excluding hydrogens is 1360 g/mol. The molecule has 23 N–H and O–H groups in total. The minimum atomic E-state index is -1.83. The molecule has 8 unspecified atom stereocenters. The van der Waals surface area contributed by atoms with Gasteiger partial charge in [-0.15, -0.1) is 0 Å². The number of aryl methyl sites for hydroxylation is 4. The lowest BCUT2D eigenvalue weighted by atomic mass is 10.0. The lowest BCUT2D eigenvalue weighted by Gasteiger charge is -2.33. The van der Waals surface area contributed by atoms with Crippen molar-refractivity contribution in [2.75, 3.05) is 102 Å². The van der Waals surface area contributed by atoms with Gasteiger partial charge < -0.3 is 93.7 Å². The molecule has 7 aromatic rings. The van der Waals surface area contributed by atoms with Crippen molar-refractivity contribution in [1.29, 1.82) is 10.8 Å². The number of nitrogen functional groups attached to an aromatic ring is 4. The van der Waals surface area contributed by atoms with Crippen LogP contribution in [0.3, 0.4) is 0 Å². The van der Waals surface area contributed by atoms with Gasteiger partial charge in [-0.1, -0.05) is 102 Å². The first-order valence-electron chi connectivity index (χ1n) is 33.5. The van der Waals surface area contributed by atoms with Crippen LogP contribution in [0.25, 0.3) is 10.8 Å². The van der Waals surface area contributed by atoms with Crippen LogP contribution >= 0.6 is 23.2 Å². The van der Waals surface area contributed by atoms with Crippen molar-refractivity contribution in [1.82, 2.24) is 51.0 Å². The normalized spacial score (nSPS) is 13.9. The average Bonchev–Trinajstić information content (AvgIpc) is 0.848. The standard InChI is InChI=1S/C70H94Cl2N16O14/c71-61-65(75)83-63(73)55(81-61)67(98)85-69(77)79-29-5-3-11-42-21-25-47(26-22-42)100-35-33-87(38-51(91)57(95)58(96)53(93)40-89)31-9-14-44-13-7-19-49(37-44)102-60(59(97)54(94)41-90)52(92)39-88(32-10-18-46-17-8-16-45-15-1-2-20-50(45)46)34-36-101-48-27-23-43(24-28-48)12-4-6-30-80-70(78)86-68(99)56-64(74)84-66(76)62(72)82-56/h1-2,7-8,13,15-17,19-28,37,51-54,57-60,89-97H,3-6,9-12,14,18,29-36,38-41H2,(H4,73,75,83)(H4,74,76,84)(H3,77,79,85,98)(H3,78,80,86,99). The Bertz CT molecular complexity index is 3800. The Hall–Kier alpha value is -8.86. The zero-order valence-electron chi connectivity index (χ0n) is 56.5. The van der Waals surface area contributed by atoms with Crippen molar-refractivity contribution in [2.45, 2.75) is 113 Å². The highest BCUT2D eigenvalue weighted by Gasteiger charge is 2.36. The Morgan fingerprint density at radius 2 is 0.941 bits per heavy atom. The van der Waals surface area contributed by atoms with E-state index in [1.165, 1.54) is 0 Å². The highest BCUT2D eigenvalue weighted by molar-refractivity contribution is 6.32. The van der Waals surface area contributed by atoms with Gasteiger partial charge in [0.25, 0.3) is 11.8 Å². The number of nitrogens with one attached hydrogen (secondary N) is 6. The van der Waals surface area contributed by atoms with Gasteiger partial charge in [-0.2, -0.15) is 0 Å². The number of aliphatic hydroxyl groups is 9. The SMILES string of the molecule is N=C(NCCCCc1ccc(OCCN(CCCc2cccc(OC(C(O)CN(CCCc3cccc4ccccc34)CCOc3ccc(CCCCNC(=N)NC(=O)c4nc(Cl)c(N)nc4N)cc3)C(O)C(O)CO)c2)CC(O)C(O)C(O)C(O)CO)cc1)NC(=O)c1nc(Cl)c(N)nc1N. The maximum atomic E-state index is 12.6. The van der Waals surface area contributed by atoms with Crippen LogP contribution < -0.4 is 58.4 Å². The second kappa shape index (κ2) is 41.3. The third-order valence-corrected chi connectivity index (χ3v) is 17.3. The third kappa shape index (κ3) is 25.6. The van der Waals surface area contributed by atoms with Crippen LogP contribution in [0, 0.1) is 10.8 Å². The summed E-state index contributed by atoms with van der Waals surface area (Å²) in [6.07, 6.45) is -6.37. The first-order chi connectivity index (χ1) is 49.0. The van der Waals surface area contributed by atoms with E-state index in [1.54, 1.807) is 18.2 Å². The van der Waals surface area contributed by atoms with Crippen molar-refractivity contribution in [2.24, 2.45) is 0 Å². The van der Waals surface area contributed by atoms with E-state index in [-0.39, 0.29) is 95.5 Å². The van der Waals surface area contributed by atoms with E-state index in [9.17, 15) is 55.5 Å². The molecule has 5 aromatic carbocycles. The number of anilines is 4. The van der Waals surface area contributed by atoms with Crippen molar-refractivity contribution < 1.29 is 69.8 Å². The Morgan fingerprint density at radius 1 is 0.480 bits per heavy atom. The van der Waals surface area contributed by atoms with Gasteiger partial charge in [0, 0.05) is 39.3 Å². The molecule has 0 fully saturated rings. The molecule has 7 rings (SSSR count). The van der Waals surface area contributed by atoms with E-state index in [0.29, 0.717) is 82.7 Å². The maximum absolute atomic E-state index is 12.6. The molecule has 32 heteroatoms. The summed E-state index contributed by atoms with van der Waals surface area (Å²) in [6, 6.07) is 36.5. The van der Waals surface area contributed by atoms with Crippen LogP contribution in [0.5, 0.6) is 17.2 Å². The van der Waals surface area contributed by atoms with Crippen LogP contribution in [0.2, 0.25) is 10.3 Å². The summed E-state index contributed by atoms with van der Waals surface area (Å²) < 4.78 is 18.7. The molecule has 552 valence electrons. The molecular formula is C70H94Cl2N16O14. The van der Waals surface area contributed by atoms with Crippen molar-refractivity contribution in [3.05, 3.63) is 159 Å². The van der Waals surface area contributed by atoms with Gasteiger partial charge in [-0.05, 0) is 147 Å². The van der Waals surface area contributed by atoms with Crippen molar-refractivity contribution in [3.8, 4) is 17.2 Å². The largest absolute Gasteiger partial charge is 0.492 e. The van der Waals surface area contributed by atoms with E-state index in [4.69, 9.17) is 71.2 Å². The molecule has 0 aliphatic rings. The Kier molecular flexibility index (Phi) is 32.6. The molecule has 30 nitrogen and oxygen atoms in total. The van der Waals surface area contributed by atoms with E-state index >= 15 is 0 Å². The Labute approximate surface area is 601 Å². The van der Waals surface area contributed by atoms with Gasteiger partial charge in [-0.3, -0.25) is 40.8 Å². The number of aromatic nitrogens is 4. The predicted molar refractivity (Wildman–Crippen MR) is 388 cm³/mol. The number of halogens is 2. The maximum Gasteiger partial charge on any atom is 0.280 e. The predicted octanol–water partition coefficient (Wildman–Crippen LogP) is 2.20. The summed E-state index contributed by atoms with van der Waals surface area (Å²) in [4.78, 5) is 44.2. The number of amides is 2. The quantitative estimate of drug-likeness (QED) is 0.0148. The average molecular weight is 1450 g/mol. The number of hydrogen-bond acceptors (Lipinski definition) is 26. The summed E-state index contributed by atoms with van der Waals surface area (Å²) in [7, 11) is 0. The Balaban J connectivity index is 0.915. The van der Waals surface area contributed by atoms with E-state index in [1.807, 2.05) is 82.6 Å². The van der Waals surface area contributed by atoms with Crippen molar-refractivity contribution >= 4 is 81.0 Å². The number of fused-ring (bicyclic) bond motifs is 1. The second-order valence-corrected chi connectivity index (χ2v) is 25.2. The summed E-state index contributed by atoms with van der Waals surface area (Å²) in [5.41, 5.74) is 26.2. The van der Waals surface area contributed by atoms with E-state index in [2.05, 4.69) is 65.5 Å². The van der Waals surface area contributed by atoms with Crippen LogP contribution in [-0.2, 0) is 25.7 Å². The van der Waals surface area contributed by atoms with Gasteiger partial charge in [0.15, 0.2) is 63.0 Å². The van der Waals surface area contributed by atoms with Gasteiger partial charge in [-0.25, -0.2) is 19.9 Å². The number of carbonyl (C=O) groups excluding carboxylic acids is 2. The van der Waals surface area contributed by atoms with E-state index < -0.39 is 73.9 Å². The summed E-state index contributed by atoms with van der Waals surface area (Å²) >= 11 is 11.8. The van der Waals surface area contributed by atoms with E-state index in [0.717, 1.165) is 58.7 Å². The van der Waals surface area contributed by atoms with Crippen LogP contribution in [-0.4, -0.2) is 227 Å². The molecule has 102 heavy (non-hydrogen) atoms.